The van der Waals surface area contributed by atoms with Crippen LogP contribution in [0.15, 0.2) is 82.4 Å². The van der Waals surface area contributed by atoms with E-state index in [4.69, 9.17) is 4.74 Å². The third-order valence-electron chi connectivity index (χ3n) is 5.40. The first-order valence-electron chi connectivity index (χ1n) is 11.5. The summed E-state index contributed by atoms with van der Waals surface area (Å²) in [5.41, 5.74) is 2.71. The maximum Gasteiger partial charge on any atom is 0.234 e. The van der Waals surface area contributed by atoms with E-state index < -0.39 is 6.10 Å². The summed E-state index contributed by atoms with van der Waals surface area (Å²) in [6, 6.07) is 21.3. The number of amides is 1. The van der Waals surface area contributed by atoms with Crippen molar-refractivity contribution in [2.75, 3.05) is 11.1 Å². The van der Waals surface area contributed by atoms with Crippen molar-refractivity contribution in [1.82, 2.24) is 14.8 Å². The standard InChI is InChI=1S/C27H26BrFN4O2S/c1-17(2)23-15-19(28)9-14-24(23)30-25(34)16-36-27-32-31-26(33(27)21-7-5-4-6-8-21)18(3)35-22-12-10-20(29)11-13-22/h4-15,17-18H,16H2,1-3H3,(H,30,34). The molecule has 1 N–H and O–H groups in total. The van der Waals surface area contributed by atoms with Gasteiger partial charge in [-0.05, 0) is 73.0 Å². The van der Waals surface area contributed by atoms with Crippen LogP contribution >= 0.6 is 27.7 Å². The van der Waals surface area contributed by atoms with Gasteiger partial charge in [-0.2, -0.15) is 0 Å². The fourth-order valence-corrected chi connectivity index (χ4v) is 4.81. The van der Waals surface area contributed by atoms with E-state index in [2.05, 4.69) is 45.3 Å². The number of hydrogen-bond donors (Lipinski definition) is 1. The third-order valence-corrected chi connectivity index (χ3v) is 6.83. The first-order valence-corrected chi connectivity index (χ1v) is 13.2. The summed E-state index contributed by atoms with van der Waals surface area (Å²) in [5.74, 6) is 1.05. The molecule has 0 aliphatic heterocycles. The van der Waals surface area contributed by atoms with Crippen LogP contribution in [0, 0.1) is 5.82 Å². The minimum Gasteiger partial charge on any atom is -0.483 e. The third kappa shape index (κ3) is 6.33. The number of nitrogens with zero attached hydrogens (tertiary/aromatic N) is 3. The zero-order chi connectivity index (χ0) is 25.7. The van der Waals surface area contributed by atoms with Crippen molar-refractivity contribution in [2.24, 2.45) is 0 Å². The Balaban J connectivity index is 1.53. The number of nitrogens with one attached hydrogen (secondary N) is 1. The maximum absolute atomic E-state index is 13.3. The minimum absolute atomic E-state index is 0.135. The first kappa shape index (κ1) is 25.9. The van der Waals surface area contributed by atoms with Crippen molar-refractivity contribution < 1.29 is 13.9 Å². The van der Waals surface area contributed by atoms with E-state index in [1.807, 2.05) is 60.0 Å². The molecule has 4 rings (SSSR count). The van der Waals surface area contributed by atoms with Crippen molar-refractivity contribution >= 4 is 39.3 Å². The normalized spacial score (nSPS) is 11.9. The van der Waals surface area contributed by atoms with Crippen LogP contribution in [-0.4, -0.2) is 26.4 Å². The zero-order valence-electron chi connectivity index (χ0n) is 20.1. The number of para-hydroxylation sites is 1. The summed E-state index contributed by atoms with van der Waals surface area (Å²) >= 11 is 4.79. The summed E-state index contributed by atoms with van der Waals surface area (Å²) < 4.78 is 22.1. The van der Waals surface area contributed by atoms with E-state index in [1.54, 1.807) is 12.1 Å². The molecule has 36 heavy (non-hydrogen) atoms. The molecule has 1 aromatic heterocycles. The summed E-state index contributed by atoms with van der Waals surface area (Å²) in [7, 11) is 0. The number of ether oxygens (including phenoxy) is 1. The van der Waals surface area contributed by atoms with Crippen LogP contribution in [0.3, 0.4) is 0 Å². The topological polar surface area (TPSA) is 69.0 Å². The second-order valence-electron chi connectivity index (χ2n) is 8.45. The van der Waals surface area contributed by atoms with Crippen LogP contribution in [0.25, 0.3) is 5.69 Å². The van der Waals surface area contributed by atoms with Crippen molar-refractivity contribution in [1.29, 1.82) is 0 Å². The Labute approximate surface area is 222 Å². The van der Waals surface area contributed by atoms with Gasteiger partial charge < -0.3 is 10.1 Å². The highest BCUT2D eigenvalue weighted by atomic mass is 79.9. The number of carbonyl (C=O) groups is 1. The predicted molar refractivity (Wildman–Crippen MR) is 144 cm³/mol. The van der Waals surface area contributed by atoms with Crippen LogP contribution in [-0.2, 0) is 4.79 Å². The van der Waals surface area contributed by atoms with E-state index in [0.717, 1.165) is 21.4 Å². The van der Waals surface area contributed by atoms with Gasteiger partial charge in [-0.1, -0.05) is 59.7 Å². The van der Waals surface area contributed by atoms with Gasteiger partial charge in [0, 0.05) is 15.8 Å². The molecule has 0 bridgehead atoms. The molecule has 1 atom stereocenters. The van der Waals surface area contributed by atoms with Gasteiger partial charge in [0.05, 0.1) is 5.75 Å². The summed E-state index contributed by atoms with van der Waals surface area (Å²) in [4.78, 5) is 12.8. The highest BCUT2D eigenvalue weighted by Crippen LogP contribution is 2.30. The van der Waals surface area contributed by atoms with Crippen LogP contribution in [0.1, 0.15) is 44.2 Å². The lowest BCUT2D eigenvalue weighted by Crippen LogP contribution is -2.16. The monoisotopic (exact) mass is 568 g/mol. The molecule has 0 saturated carbocycles. The largest absolute Gasteiger partial charge is 0.483 e. The van der Waals surface area contributed by atoms with E-state index in [9.17, 15) is 9.18 Å². The molecule has 0 spiro atoms. The Hall–Kier alpha value is -3.17. The number of benzene rings is 3. The molecule has 1 heterocycles. The smallest absolute Gasteiger partial charge is 0.234 e. The van der Waals surface area contributed by atoms with Crippen LogP contribution in [0.4, 0.5) is 10.1 Å². The summed E-state index contributed by atoms with van der Waals surface area (Å²) in [5, 5.41) is 12.3. The molecule has 0 saturated heterocycles. The van der Waals surface area contributed by atoms with E-state index in [0.29, 0.717) is 16.7 Å². The van der Waals surface area contributed by atoms with E-state index >= 15 is 0 Å². The molecule has 0 aliphatic carbocycles. The molecule has 1 amide bonds. The molecule has 1 unspecified atom stereocenters. The molecule has 3 aromatic carbocycles. The van der Waals surface area contributed by atoms with Crippen molar-refractivity contribution in [2.45, 2.75) is 37.9 Å². The lowest BCUT2D eigenvalue weighted by molar-refractivity contribution is -0.113. The highest BCUT2D eigenvalue weighted by Gasteiger charge is 2.22. The number of anilines is 1. The van der Waals surface area contributed by atoms with Crippen LogP contribution < -0.4 is 10.1 Å². The number of hydrogen-bond acceptors (Lipinski definition) is 5. The molecule has 0 aliphatic rings. The molecular formula is C27H26BrFN4O2S. The second kappa shape index (κ2) is 11.7. The van der Waals surface area contributed by atoms with Gasteiger partial charge in [0.15, 0.2) is 17.1 Å². The molecule has 186 valence electrons. The van der Waals surface area contributed by atoms with Gasteiger partial charge >= 0.3 is 0 Å². The van der Waals surface area contributed by atoms with Gasteiger partial charge in [0.25, 0.3) is 0 Å². The Bertz CT molecular complexity index is 1330. The lowest BCUT2D eigenvalue weighted by Gasteiger charge is -2.17. The number of thioether (sulfide) groups is 1. The van der Waals surface area contributed by atoms with E-state index in [-0.39, 0.29) is 23.4 Å². The second-order valence-corrected chi connectivity index (χ2v) is 10.3. The quantitative estimate of drug-likeness (QED) is 0.217. The Kier molecular flexibility index (Phi) is 8.43. The van der Waals surface area contributed by atoms with E-state index in [1.165, 1.54) is 23.9 Å². The SMILES string of the molecule is CC(C)c1cc(Br)ccc1NC(=O)CSc1nnc(C(C)Oc2ccc(F)cc2)n1-c1ccccc1. The Morgan fingerprint density at radius 2 is 1.78 bits per heavy atom. The van der Waals surface area contributed by atoms with Gasteiger partial charge in [-0.3, -0.25) is 9.36 Å². The van der Waals surface area contributed by atoms with Gasteiger partial charge in [-0.25, -0.2) is 4.39 Å². The molecule has 6 nitrogen and oxygen atoms in total. The van der Waals surface area contributed by atoms with Crippen molar-refractivity contribution in [3.8, 4) is 11.4 Å². The number of halogens is 2. The van der Waals surface area contributed by atoms with Gasteiger partial charge in [0.1, 0.15) is 11.6 Å². The Morgan fingerprint density at radius 3 is 2.47 bits per heavy atom. The zero-order valence-corrected chi connectivity index (χ0v) is 22.5. The molecular weight excluding hydrogens is 543 g/mol. The Morgan fingerprint density at radius 1 is 1.06 bits per heavy atom. The number of carbonyl (C=O) groups excluding carboxylic acids is 1. The minimum atomic E-state index is -0.470. The maximum atomic E-state index is 13.3. The fraction of sp³-hybridized carbons (Fsp3) is 0.222. The lowest BCUT2D eigenvalue weighted by atomic mass is 10.0. The molecule has 0 fully saturated rings. The fourth-order valence-electron chi connectivity index (χ4n) is 3.67. The van der Waals surface area contributed by atoms with Crippen LogP contribution in [0.2, 0.25) is 0 Å². The van der Waals surface area contributed by atoms with Gasteiger partial charge in [0.2, 0.25) is 5.91 Å². The average Bonchev–Trinajstić information content (AvgIpc) is 3.30. The summed E-state index contributed by atoms with van der Waals surface area (Å²) in [6.45, 7) is 6.03. The van der Waals surface area contributed by atoms with Gasteiger partial charge in [-0.15, -0.1) is 10.2 Å². The average molecular weight is 570 g/mol. The molecule has 0 radical (unpaired) electrons. The van der Waals surface area contributed by atoms with Crippen LogP contribution in [0.5, 0.6) is 5.75 Å². The van der Waals surface area contributed by atoms with Crippen molar-refractivity contribution in [3.63, 3.8) is 0 Å². The predicted octanol–water partition coefficient (Wildman–Crippen LogP) is 7.16. The summed E-state index contributed by atoms with van der Waals surface area (Å²) in [6.07, 6.45) is -0.470. The first-order chi connectivity index (χ1) is 17.3. The molecule has 9 heteroatoms. The number of rotatable bonds is 9. The number of aromatic nitrogens is 3. The molecule has 4 aromatic rings. The van der Waals surface area contributed by atoms with Crippen molar-refractivity contribution in [3.05, 3.63) is 94.5 Å². The highest BCUT2D eigenvalue weighted by molar-refractivity contribution is 9.10.